The van der Waals surface area contributed by atoms with Crippen molar-refractivity contribution in [3.8, 4) is 11.3 Å². The predicted molar refractivity (Wildman–Crippen MR) is 83.9 cm³/mol. The second-order valence-corrected chi connectivity index (χ2v) is 5.47. The summed E-state index contributed by atoms with van der Waals surface area (Å²) < 4.78 is 0. The Morgan fingerprint density at radius 3 is 2.80 bits per heavy atom. The molecule has 0 radical (unpaired) electrons. The lowest BCUT2D eigenvalue weighted by atomic mass is 10.1. The van der Waals surface area contributed by atoms with Crippen LogP contribution in [-0.2, 0) is 6.54 Å². The SMILES string of the molecule is Cc1cccc(CNc2nc(-c3ccncc3)cs2)c1. The Labute approximate surface area is 122 Å². The van der Waals surface area contributed by atoms with Crippen molar-refractivity contribution in [3.05, 3.63) is 65.3 Å². The molecular weight excluding hydrogens is 266 g/mol. The number of aromatic nitrogens is 2. The Hall–Kier alpha value is -2.20. The van der Waals surface area contributed by atoms with E-state index in [0.29, 0.717) is 0 Å². The molecule has 0 fully saturated rings. The molecule has 3 nitrogen and oxygen atoms in total. The highest BCUT2D eigenvalue weighted by molar-refractivity contribution is 7.14. The molecule has 1 N–H and O–H groups in total. The third-order valence-electron chi connectivity index (χ3n) is 3.01. The monoisotopic (exact) mass is 281 g/mol. The zero-order valence-electron chi connectivity index (χ0n) is 11.2. The van der Waals surface area contributed by atoms with Gasteiger partial charge in [-0.3, -0.25) is 4.98 Å². The van der Waals surface area contributed by atoms with Crippen LogP contribution in [0.25, 0.3) is 11.3 Å². The van der Waals surface area contributed by atoms with Crippen molar-refractivity contribution in [2.24, 2.45) is 0 Å². The highest BCUT2D eigenvalue weighted by Gasteiger charge is 2.04. The average Bonchev–Trinajstić information content (AvgIpc) is 2.95. The Morgan fingerprint density at radius 1 is 1.15 bits per heavy atom. The topological polar surface area (TPSA) is 37.8 Å². The normalized spacial score (nSPS) is 10.4. The van der Waals surface area contributed by atoms with E-state index in [9.17, 15) is 0 Å². The highest BCUT2D eigenvalue weighted by atomic mass is 32.1. The van der Waals surface area contributed by atoms with Crippen LogP contribution in [0.2, 0.25) is 0 Å². The highest BCUT2D eigenvalue weighted by Crippen LogP contribution is 2.24. The summed E-state index contributed by atoms with van der Waals surface area (Å²) >= 11 is 1.63. The maximum absolute atomic E-state index is 4.60. The Bertz CT molecular complexity index is 692. The van der Waals surface area contributed by atoms with Gasteiger partial charge < -0.3 is 5.32 Å². The summed E-state index contributed by atoms with van der Waals surface area (Å²) in [6.07, 6.45) is 3.57. The molecule has 0 amide bonds. The maximum atomic E-state index is 4.60. The van der Waals surface area contributed by atoms with Crippen molar-refractivity contribution in [2.45, 2.75) is 13.5 Å². The van der Waals surface area contributed by atoms with Crippen LogP contribution in [0, 0.1) is 6.92 Å². The van der Waals surface area contributed by atoms with Gasteiger partial charge in [0.1, 0.15) is 0 Å². The summed E-state index contributed by atoms with van der Waals surface area (Å²) in [5, 5.41) is 6.38. The summed E-state index contributed by atoms with van der Waals surface area (Å²) in [7, 11) is 0. The molecule has 0 saturated heterocycles. The number of nitrogens with one attached hydrogen (secondary N) is 1. The number of pyridine rings is 1. The van der Waals surface area contributed by atoms with E-state index in [2.05, 4.69) is 51.9 Å². The first-order chi connectivity index (χ1) is 9.81. The standard InChI is InChI=1S/C16H15N3S/c1-12-3-2-4-13(9-12)10-18-16-19-15(11-20-16)14-5-7-17-8-6-14/h2-9,11H,10H2,1H3,(H,18,19). The molecule has 0 spiro atoms. The number of rotatable bonds is 4. The molecule has 100 valence electrons. The zero-order chi connectivity index (χ0) is 13.8. The molecule has 0 unspecified atom stereocenters. The lowest BCUT2D eigenvalue weighted by molar-refractivity contribution is 1.13. The van der Waals surface area contributed by atoms with Gasteiger partial charge in [0.25, 0.3) is 0 Å². The van der Waals surface area contributed by atoms with Gasteiger partial charge in [0.2, 0.25) is 0 Å². The molecule has 0 saturated carbocycles. The van der Waals surface area contributed by atoms with Gasteiger partial charge in [0, 0.05) is 29.9 Å². The molecule has 0 aliphatic carbocycles. The molecular formula is C16H15N3S. The van der Waals surface area contributed by atoms with Crippen LogP contribution < -0.4 is 5.32 Å². The van der Waals surface area contributed by atoms with E-state index >= 15 is 0 Å². The van der Waals surface area contributed by atoms with Gasteiger partial charge >= 0.3 is 0 Å². The number of thiazole rings is 1. The predicted octanol–water partition coefficient (Wildman–Crippen LogP) is 4.13. The number of nitrogens with zero attached hydrogens (tertiary/aromatic N) is 2. The van der Waals surface area contributed by atoms with Crippen LogP contribution in [0.4, 0.5) is 5.13 Å². The van der Waals surface area contributed by atoms with E-state index in [4.69, 9.17) is 0 Å². The molecule has 0 atom stereocenters. The minimum absolute atomic E-state index is 0.797. The van der Waals surface area contributed by atoms with Crippen molar-refractivity contribution in [1.29, 1.82) is 0 Å². The summed E-state index contributed by atoms with van der Waals surface area (Å²) in [5.41, 5.74) is 4.63. The first kappa shape index (κ1) is 12.8. The molecule has 2 heterocycles. The van der Waals surface area contributed by atoms with E-state index in [0.717, 1.165) is 22.9 Å². The first-order valence-corrected chi connectivity index (χ1v) is 7.34. The van der Waals surface area contributed by atoms with Crippen molar-refractivity contribution in [2.75, 3.05) is 5.32 Å². The fraction of sp³-hybridized carbons (Fsp3) is 0.125. The van der Waals surface area contributed by atoms with Gasteiger partial charge in [0.15, 0.2) is 5.13 Å². The van der Waals surface area contributed by atoms with Crippen LogP contribution >= 0.6 is 11.3 Å². The molecule has 2 aromatic heterocycles. The smallest absolute Gasteiger partial charge is 0.183 e. The minimum Gasteiger partial charge on any atom is -0.357 e. The molecule has 4 heteroatoms. The molecule has 20 heavy (non-hydrogen) atoms. The van der Waals surface area contributed by atoms with E-state index < -0.39 is 0 Å². The van der Waals surface area contributed by atoms with E-state index in [1.54, 1.807) is 23.7 Å². The fourth-order valence-corrected chi connectivity index (χ4v) is 2.73. The quantitative estimate of drug-likeness (QED) is 0.781. The van der Waals surface area contributed by atoms with Gasteiger partial charge in [-0.05, 0) is 24.6 Å². The van der Waals surface area contributed by atoms with E-state index in [1.807, 2.05) is 12.1 Å². The molecule has 1 aromatic carbocycles. The second-order valence-electron chi connectivity index (χ2n) is 4.62. The Morgan fingerprint density at radius 2 is 2.00 bits per heavy atom. The van der Waals surface area contributed by atoms with Crippen LogP contribution in [0.15, 0.2) is 54.2 Å². The zero-order valence-corrected chi connectivity index (χ0v) is 12.0. The lowest BCUT2D eigenvalue weighted by Crippen LogP contribution is -1.99. The minimum atomic E-state index is 0.797. The molecule has 0 aliphatic heterocycles. The Kier molecular flexibility index (Phi) is 3.74. The molecule has 0 bridgehead atoms. The first-order valence-electron chi connectivity index (χ1n) is 6.46. The number of hydrogen-bond donors (Lipinski definition) is 1. The average molecular weight is 281 g/mol. The summed E-state index contributed by atoms with van der Waals surface area (Å²) in [4.78, 5) is 8.62. The van der Waals surface area contributed by atoms with Crippen molar-refractivity contribution in [1.82, 2.24) is 9.97 Å². The number of benzene rings is 1. The van der Waals surface area contributed by atoms with Crippen molar-refractivity contribution < 1.29 is 0 Å². The lowest BCUT2D eigenvalue weighted by Gasteiger charge is -2.03. The van der Waals surface area contributed by atoms with Crippen LogP contribution in [-0.4, -0.2) is 9.97 Å². The van der Waals surface area contributed by atoms with Crippen LogP contribution in [0.5, 0.6) is 0 Å². The van der Waals surface area contributed by atoms with Crippen LogP contribution in [0.3, 0.4) is 0 Å². The van der Waals surface area contributed by atoms with E-state index in [-0.39, 0.29) is 0 Å². The Balaban J connectivity index is 1.69. The van der Waals surface area contributed by atoms with Gasteiger partial charge in [0.05, 0.1) is 5.69 Å². The van der Waals surface area contributed by atoms with Crippen molar-refractivity contribution in [3.63, 3.8) is 0 Å². The summed E-state index contributed by atoms with van der Waals surface area (Å²) in [6.45, 7) is 2.90. The van der Waals surface area contributed by atoms with Gasteiger partial charge in [-0.15, -0.1) is 11.3 Å². The number of hydrogen-bond acceptors (Lipinski definition) is 4. The van der Waals surface area contributed by atoms with Crippen LogP contribution in [0.1, 0.15) is 11.1 Å². The number of aryl methyl sites for hydroxylation is 1. The van der Waals surface area contributed by atoms with E-state index in [1.165, 1.54) is 11.1 Å². The maximum Gasteiger partial charge on any atom is 0.183 e. The summed E-state index contributed by atoms with van der Waals surface area (Å²) in [5.74, 6) is 0. The molecule has 3 aromatic rings. The largest absolute Gasteiger partial charge is 0.357 e. The number of anilines is 1. The van der Waals surface area contributed by atoms with Gasteiger partial charge in [-0.1, -0.05) is 29.8 Å². The third-order valence-corrected chi connectivity index (χ3v) is 3.81. The van der Waals surface area contributed by atoms with Gasteiger partial charge in [-0.2, -0.15) is 0 Å². The summed E-state index contributed by atoms with van der Waals surface area (Å²) in [6, 6.07) is 12.4. The third kappa shape index (κ3) is 3.03. The van der Waals surface area contributed by atoms with Gasteiger partial charge in [-0.25, -0.2) is 4.98 Å². The van der Waals surface area contributed by atoms with Crippen molar-refractivity contribution >= 4 is 16.5 Å². The fourth-order valence-electron chi connectivity index (χ4n) is 2.01. The molecule has 0 aliphatic rings. The second kappa shape index (κ2) is 5.84. The molecule has 3 rings (SSSR count).